The highest BCUT2D eigenvalue weighted by molar-refractivity contribution is 5.61. The third kappa shape index (κ3) is 2.00. The number of nitrogens with one attached hydrogen (secondary N) is 1. The number of rotatable bonds is 2. The molecule has 108 valence electrons. The number of likely N-dealkylation sites (N-methyl/N-ethyl adjacent to an activating group) is 2. The van der Waals surface area contributed by atoms with Gasteiger partial charge < -0.3 is 9.80 Å². The van der Waals surface area contributed by atoms with Crippen molar-refractivity contribution in [2.24, 2.45) is 0 Å². The van der Waals surface area contributed by atoms with Crippen LogP contribution in [0.4, 0.5) is 11.4 Å². The standard InChI is InChI=1S/C18H21N3/c1-20-11-15(13-7-3-5-9-17(13)20)19-16-12-21(2)18-10-6-4-8-14(16)18/h3-10,15-16,19H,11-12H2,1-2H3. The van der Waals surface area contributed by atoms with Crippen molar-refractivity contribution < 1.29 is 0 Å². The van der Waals surface area contributed by atoms with E-state index < -0.39 is 0 Å². The Balaban J connectivity index is 1.61. The van der Waals surface area contributed by atoms with Gasteiger partial charge in [-0.05, 0) is 23.3 Å². The summed E-state index contributed by atoms with van der Waals surface area (Å²) in [4.78, 5) is 4.69. The van der Waals surface area contributed by atoms with Gasteiger partial charge in [0.2, 0.25) is 0 Å². The van der Waals surface area contributed by atoms with Crippen molar-refractivity contribution in [3.8, 4) is 0 Å². The van der Waals surface area contributed by atoms with E-state index in [0.29, 0.717) is 12.1 Å². The second kappa shape index (κ2) is 4.78. The summed E-state index contributed by atoms with van der Waals surface area (Å²) < 4.78 is 0. The minimum absolute atomic E-state index is 0.413. The zero-order chi connectivity index (χ0) is 14.4. The van der Waals surface area contributed by atoms with Crippen molar-refractivity contribution in [2.45, 2.75) is 12.1 Å². The van der Waals surface area contributed by atoms with E-state index >= 15 is 0 Å². The summed E-state index contributed by atoms with van der Waals surface area (Å²) in [5.74, 6) is 0. The molecule has 2 atom stereocenters. The molecule has 0 saturated heterocycles. The van der Waals surface area contributed by atoms with Crippen molar-refractivity contribution in [3.63, 3.8) is 0 Å². The van der Waals surface area contributed by atoms with E-state index in [1.807, 2.05) is 0 Å². The number of para-hydroxylation sites is 2. The molecule has 2 aromatic carbocycles. The van der Waals surface area contributed by atoms with Crippen molar-refractivity contribution in [3.05, 3.63) is 59.7 Å². The van der Waals surface area contributed by atoms with Crippen molar-refractivity contribution in [2.75, 3.05) is 37.0 Å². The van der Waals surface area contributed by atoms with E-state index in [1.54, 1.807) is 0 Å². The lowest BCUT2D eigenvalue weighted by Gasteiger charge is -2.20. The molecule has 2 aliphatic heterocycles. The van der Waals surface area contributed by atoms with Crippen LogP contribution in [0, 0.1) is 0 Å². The van der Waals surface area contributed by atoms with E-state index in [0.717, 1.165) is 13.1 Å². The first-order chi connectivity index (χ1) is 10.2. The molecule has 0 aromatic heterocycles. The molecule has 0 saturated carbocycles. The van der Waals surface area contributed by atoms with Crippen LogP contribution in [-0.2, 0) is 0 Å². The fraction of sp³-hybridized carbons (Fsp3) is 0.333. The molecule has 3 nitrogen and oxygen atoms in total. The Morgan fingerprint density at radius 1 is 0.762 bits per heavy atom. The Morgan fingerprint density at radius 2 is 1.19 bits per heavy atom. The van der Waals surface area contributed by atoms with E-state index in [2.05, 4.69) is 77.7 Å². The predicted octanol–water partition coefficient (Wildman–Crippen LogP) is 2.96. The first kappa shape index (κ1) is 12.7. The van der Waals surface area contributed by atoms with Gasteiger partial charge in [-0.2, -0.15) is 0 Å². The van der Waals surface area contributed by atoms with E-state index in [-0.39, 0.29) is 0 Å². The number of fused-ring (bicyclic) bond motifs is 2. The maximum Gasteiger partial charge on any atom is 0.0524 e. The highest BCUT2D eigenvalue weighted by Crippen LogP contribution is 2.38. The molecule has 0 fully saturated rings. The minimum atomic E-state index is 0.413. The van der Waals surface area contributed by atoms with E-state index in [1.165, 1.54) is 22.5 Å². The second-order valence-electron chi connectivity index (χ2n) is 6.15. The highest BCUT2D eigenvalue weighted by Gasteiger charge is 2.32. The quantitative estimate of drug-likeness (QED) is 0.912. The fourth-order valence-electron chi connectivity index (χ4n) is 3.73. The Bertz CT molecular complexity index is 610. The predicted molar refractivity (Wildman–Crippen MR) is 88.0 cm³/mol. The molecular formula is C18H21N3. The Hall–Kier alpha value is -2.00. The Kier molecular flexibility index (Phi) is 2.89. The maximum absolute atomic E-state index is 3.87. The number of anilines is 2. The molecule has 0 amide bonds. The lowest BCUT2D eigenvalue weighted by atomic mass is 10.0. The van der Waals surface area contributed by atoms with Gasteiger partial charge in [0.05, 0.1) is 12.1 Å². The van der Waals surface area contributed by atoms with Crippen molar-refractivity contribution in [1.82, 2.24) is 5.32 Å². The second-order valence-corrected chi connectivity index (χ2v) is 6.15. The molecular weight excluding hydrogens is 258 g/mol. The van der Waals surface area contributed by atoms with Gasteiger partial charge >= 0.3 is 0 Å². The largest absolute Gasteiger partial charge is 0.372 e. The number of hydrogen-bond acceptors (Lipinski definition) is 3. The highest BCUT2D eigenvalue weighted by atomic mass is 15.2. The number of nitrogens with zero attached hydrogens (tertiary/aromatic N) is 2. The summed E-state index contributed by atoms with van der Waals surface area (Å²) in [7, 11) is 4.35. The molecule has 0 aliphatic carbocycles. The van der Waals surface area contributed by atoms with Gasteiger partial charge in [-0.3, -0.25) is 5.32 Å². The van der Waals surface area contributed by atoms with Crippen LogP contribution < -0.4 is 15.1 Å². The van der Waals surface area contributed by atoms with Gasteiger partial charge in [0.25, 0.3) is 0 Å². The Labute approximate surface area is 126 Å². The van der Waals surface area contributed by atoms with E-state index in [9.17, 15) is 0 Å². The average molecular weight is 279 g/mol. The summed E-state index contributed by atoms with van der Waals surface area (Å²) >= 11 is 0. The molecule has 2 aromatic rings. The zero-order valence-electron chi connectivity index (χ0n) is 12.6. The average Bonchev–Trinajstić information content (AvgIpc) is 3.00. The lowest BCUT2D eigenvalue weighted by Crippen LogP contribution is -2.32. The summed E-state index contributed by atoms with van der Waals surface area (Å²) in [5, 5.41) is 3.87. The van der Waals surface area contributed by atoms with Gasteiger partial charge in [-0.1, -0.05) is 36.4 Å². The van der Waals surface area contributed by atoms with Gasteiger partial charge in [0.1, 0.15) is 0 Å². The first-order valence-corrected chi connectivity index (χ1v) is 7.60. The molecule has 0 radical (unpaired) electrons. The molecule has 3 heteroatoms. The monoisotopic (exact) mass is 279 g/mol. The smallest absolute Gasteiger partial charge is 0.0524 e. The zero-order valence-corrected chi connectivity index (χ0v) is 12.6. The third-order valence-electron chi connectivity index (χ3n) is 4.76. The van der Waals surface area contributed by atoms with Crippen LogP contribution in [0.1, 0.15) is 23.2 Å². The first-order valence-electron chi connectivity index (χ1n) is 7.60. The minimum Gasteiger partial charge on any atom is -0.372 e. The van der Waals surface area contributed by atoms with Crippen LogP contribution in [0.3, 0.4) is 0 Å². The molecule has 0 spiro atoms. The van der Waals surface area contributed by atoms with Crippen LogP contribution in [0.25, 0.3) is 0 Å². The molecule has 2 unspecified atom stereocenters. The van der Waals surface area contributed by atoms with Crippen molar-refractivity contribution in [1.29, 1.82) is 0 Å². The summed E-state index contributed by atoms with van der Waals surface area (Å²) in [5.41, 5.74) is 5.56. The van der Waals surface area contributed by atoms with Crippen LogP contribution >= 0.6 is 0 Å². The molecule has 21 heavy (non-hydrogen) atoms. The topological polar surface area (TPSA) is 18.5 Å². The molecule has 4 rings (SSSR count). The number of benzene rings is 2. The maximum atomic E-state index is 3.87. The summed E-state index contributed by atoms with van der Waals surface area (Å²) in [6.07, 6.45) is 0. The van der Waals surface area contributed by atoms with Crippen molar-refractivity contribution >= 4 is 11.4 Å². The Morgan fingerprint density at radius 3 is 1.67 bits per heavy atom. The van der Waals surface area contributed by atoms with Gasteiger partial charge in [0, 0.05) is 38.6 Å². The van der Waals surface area contributed by atoms with Gasteiger partial charge in [-0.15, -0.1) is 0 Å². The molecule has 1 N–H and O–H groups in total. The lowest BCUT2D eigenvalue weighted by molar-refractivity contribution is 0.476. The normalized spacial score (nSPS) is 23.3. The van der Waals surface area contributed by atoms with Crippen LogP contribution in [0.15, 0.2) is 48.5 Å². The molecule has 2 aliphatic rings. The van der Waals surface area contributed by atoms with E-state index in [4.69, 9.17) is 0 Å². The summed E-state index contributed by atoms with van der Waals surface area (Å²) in [6.45, 7) is 2.09. The third-order valence-corrected chi connectivity index (χ3v) is 4.76. The SMILES string of the molecule is CN1CC(NC2CN(C)c3ccccc32)c2ccccc21. The van der Waals surface area contributed by atoms with Gasteiger partial charge in [0.15, 0.2) is 0 Å². The molecule has 0 bridgehead atoms. The number of hydrogen-bond donors (Lipinski definition) is 1. The van der Waals surface area contributed by atoms with Gasteiger partial charge in [-0.25, -0.2) is 0 Å². The van der Waals surface area contributed by atoms with Crippen LogP contribution in [0.5, 0.6) is 0 Å². The van der Waals surface area contributed by atoms with Crippen LogP contribution in [-0.4, -0.2) is 27.2 Å². The molecule has 2 heterocycles. The fourth-order valence-corrected chi connectivity index (χ4v) is 3.73. The summed E-state index contributed by atoms with van der Waals surface area (Å²) in [6, 6.07) is 18.3. The van der Waals surface area contributed by atoms with Crippen LogP contribution in [0.2, 0.25) is 0 Å².